The summed E-state index contributed by atoms with van der Waals surface area (Å²) in [5.74, 6) is 0.455. The molecule has 0 radical (unpaired) electrons. The summed E-state index contributed by atoms with van der Waals surface area (Å²) in [7, 11) is 1.62. The van der Waals surface area contributed by atoms with E-state index in [9.17, 15) is 10.2 Å². The highest BCUT2D eigenvalue weighted by Crippen LogP contribution is 2.29. The Morgan fingerprint density at radius 3 is 2.47 bits per heavy atom. The number of rotatable bonds is 9. The Morgan fingerprint density at radius 1 is 1.12 bits per heavy atom. The zero-order valence-corrected chi connectivity index (χ0v) is 10.8. The van der Waals surface area contributed by atoms with E-state index in [2.05, 4.69) is 0 Å². The van der Waals surface area contributed by atoms with E-state index < -0.39 is 6.10 Å². The smallest absolute Gasteiger partial charge is 0.0774 e. The maximum atomic E-state index is 9.94. The minimum Gasteiger partial charge on any atom is -0.393 e. The summed E-state index contributed by atoms with van der Waals surface area (Å²) in [6.07, 6.45) is 5.34. The highest BCUT2D eigenvalue weighted by atomic mass is 16.5. The van der Waals surface area contributed by atoms with Crippen LogP contribution in [0.2, 0.25) is 0 Å². The molecule has 0 aromatic rings. The molecule has 4 heteroatoms. The molecule has 0 aromatic heterocycles. The quantitative estimate of drug-likeness (QED) is 0.603. The fraction of sp³-hybridized carbons (Fsp3) is 1.00. The molecule has 0 heterocycles. The zero-order chi connectivity index (χ0) is 12.5. The van der Waals surface area contributed by atoms with Crippen molar-refractivity contribution in [1.29, 1.82) is 0 Å². The molecule has 0 aliphatic heterocycles. The van der Waals surface area contributed by atoms with E-state index in [4.69, 9.17) is 9.47 Å². The lowest BCUT2D eigenvalue weighted by atomic mass is 9.96. The Kier molecular flexibility index (Phi) is 7.77. The number of methoxy groups -OCH3 is 1. The fourth-order valence-corrected chi connectivity index (χ4v) is 2.39. The van der Waals surface area contributed by atoms with Gasteiger partial charge in [0.05, 0.1) is 32.0 Å². The first kappa shape index (κ1) is 14.9. The van der Waals surface area contributed by atoms with Gasteiger partial charge in [-0.1, -0.05) is 12.8 Å². The summed E-state index contributed by atoms with van der Waals surface area (Å²) < 4.78 is 10.1. The van der Waals surface area contributed by atoms with Gasteiger partial charge in [0.2, 0.25) is 0 Å². The molecule has 102 valence electrons. The van der Waals surface area contributed by atoms with Crippen LogP contribution in [-0.4, -0.2) is 49.4 Å². The summed E-state index contributed by atoms with van der Waals surface area (Å²) in [5, 5.41) is 19.6. The number of hydrogen-bond donors (Lipinski definition) is 2. The molecule has 1 rings (SSSR count). The average Bonchev–Trinajstić information content (AvgIpc) is 2.85. The van der Waals surface area contributed by atoms with Crippen molar-refractivity contribution >= 4 is 0 Å². The van der Waals surface area contributed by atoms with Crippen molar-refractivity contribution in [3.63, 3.8) is 0 Å². The van der Waals surface area contributed by atoms with Crippen LogP contribution < -0.4 is 0 Å². The monoisotopic (exact) mass is 246 g/mol. The fourth-order valence-electron chi connectivity index (χ4n) is 2.39. The standard InChI is InChI=1S/C13H26O4/c1-16-8-9-17-10-12(14)6-7-13(15)11-4-2-3-5-11/h11-15H,2-10H2,1H3. The first-order valence-electron chi connectivity index (χ1n) is 6.67. The SMILES string of the molecule is COCCOCC(O)CCC(O)C1CCCC1. The Labute approximate surface area is 104 Å². The molecule has 0 saturated heterocycles. The van der Waals surface area contributed by atoms with E-state index in [0.29, 0.717) is 38.6 Å². The van der Waals surface area contributed by atoms with Crippen LogP contribution in [-0.2, 0) is 9.47 Å². The van der Waals surface area contributed by atoms with Crippen molar-refractivity contribution < 1.29 is 19.7 Å². The lowest BCUT2D eigenvalue weighted by Crippen LogP contribution is -2.23. The van der Waals surface area contributed by atoms with E-state index in [1.54, 1.807) is 7.11 Å². The molecule has 0 aromatic carbocycles. The van der Waals surface area contributed by atoms with Crippen molar-refractivity contribution in [1.82, 2.24) is 0 Å². The normalized spacial score (nSPS) is 20.6. The highest BCUT2D eigenvalue weighted by Gasteiger charge is 2.23. The van der Waals surface area contributed by atoms with Crippen LogP contribution in [0, 0.1) is 5.92 Å². The summed E-state index contributed by atoms with van der Waals surface area (Å²) in [4.78, 5) is 0. The third-order valence-electron chi connectivity index (χ3n) is 3.48. The summed E-state index contributed by atoms with van der Waals surface area (Å²) in [6, 6.07) is 0. The van der Waals surface area contributed by atoms with Gasteiger partial charge >= 0.3 is 0 Å². The van der Waals surface area contributed by atoms with Gasteiger partial charge in [0, 0.05) is 7.11 Å². The first-order chi connectivity index (χ1) is 8.24. The van der Waals surface area contributed by atoms with Crippen LogP contribution in [0.15, 0.2) is 0 Å². The maximum Gasteiger partial charge on any atom is 0.0774 e. The molecule has 4 nitrogen and oxygen atoms in total. The molecular weight excluding hydrogens is 220 g/mol. The van der Waals surface area contributed by atoms with Gasteiger partial charge in [0.25, 0.3) is 0 Å². The Hall–Kier alpha value is -0.160. The second-order valence-electron chi connectivity index (χ2n) is 4.91. The van der Waals surface area contributed by atoms with Crippen LogP contribution in [0.25, 0.3) is 0 Å². The van der Waals surface area contributed by atoms with Gasteiger partial charge in [-0.2, -0.15) is 0 Å². The van der Waals surface area contributed by atoms with Gasteiger partial charge in [-0.25, -0.2) is 0 Å². The van der Waals surface area contributed by atoms with Crippen LogP contribution in [0.1, 0.15) is 38.5 Å². The minimum atomic E-state index is -0.470. The van der Waals surface area contributed by atoms with Gasteiger partial charge in [0.15, 0.2) is 0 Å². The molecule has 1 aliphatic rings. The molecule has 1 saturated carbocycles. The molecule has 17 heavy (non-hydrogen) atoms. The Morgan fingerprint density at radius 2 is 1.82 bits per heavy atom. The second kappa shape index (κ2) is 8.86. The first-order valence-corrected chi connectivity index (χ1v) is 6.67. The highest BCUT2D eigenvalue weighted by molar-refractivity contribution is 4.75. The lowest BCUT2D eigenvalue weighted by Gasteiger charge is -2.19. The van der Waals surface area contributed by atoms with Crippen LogP contribution in [0.5, 0.6) is 0 Å². The molecule has 0 spiro atoms. The number of hydrogen-bond acceptors (Lipinski definition) is 4. The van der Waals surface area contributed by atoms with Crippen molar-refractivity contribution in [2.75, 3.05) is 26.9 Å². The van der Waals surface area contributed by atoms with E-state index in [-0.39, 0.29) is 6.10 Å². The summed E-state index contributed by atoms with van der Waals surface area (Å²) in [6.45, 7) is 1.40. The summed E-state index contributed by atoms with van der Waals surface area (Å²) >= 11 is 0. The van der Waals surface area contributed by atoms with Gasteiger partial charge < -0.3 is 19.7 Å². The number of aliphatic hydroxyl groups is 2. The van der Waals surface area contributed by atoms with Gasteiger partial charge in [-0.3, -0.25) is 0 Å². The van der Waals surface area contributed by atoms with Gasteiger partial charge in [-0.05, 0) is 31.6 Å². The van der Waals surface area contributed by atoms with Gasteiger partial charge in [0.1, 0.15) is 0 Å². The van der Waals surface area contributed by atoms with E-state index in [1.165, 1.54) is 12.8 Å². The predicted octanol–water partition coefficient (Wildman–Crippen LogP) is 1.34. The largest absolute Gasteiger partial charge is 0.393 e. The van der Waals surface area contributed by atoms with Crippen molar-refractivity contribution in [2.24, 2.45) is 5.92 Å². The molecule has 2 atom stereocenters. The van der Waals surface area contributed by atoms with Crippen molar-refractivity contribution in [3.8, 4) is 0 Å². The Balaban J connectivity index is 2.00. The summed E-state index contributed by atoms with van der Waals surface area (Å²) in [5.41, 5.74) is 0. The van der Waals surface area contributed by atoms with E-state index in [0.717, 1.165) is 12.8 Å². The zero-order valence-electron chi connectivity index (χ0n) is 10.8. The maximum absolute atomic E-state index is 9.94. The second-order valence-corrected chi connectivity index (χ2v) is 4.91. The predicted molar refractivity (Wildman–Crippen MR) is 65.9 cm³/mol. The topological polar surface area (TPSA) is 58.9 Å². The molecule has 2 unspecified atom stereocenters. The van der Waals surface area contributed by atoms with E-state index in [1.807, 2.05) is 0 Å². The van der Waals surface area contributed by atoms with Crippen LogP contribution >= 0.6 is 0 Å². The van der Waals surface area contributed by atoms with Crippen LogP contribution in [0.3, 0.4) is 0 Å². The lowest BCUT2D eigenvalue weighted by molar-refractivity contribution is 0.00127. The molecule has 0 bridgehead atoms. The molecular formula is C13H26O4. The average molecular weight is 246 g/mol. The number of ether oxygens (including phenoxy) is 2. The third-order valence-corrected chi connectivity index (χ3v) is 3.48. The molecule has 1 fully saturated rings. The minimum absolute atomic E-state index is 0.244. The third kappa shape index (κ3) is 6.36. The van der Waals surface area contributed by atoms with E-state index >= 15 is 0 Å². The molecule has 1 aliphatic carbocycles. The molecule has 0 amide bonds. The molecule has 2 N–H and O–H groups in total. The number of aliphatic hydroxyl groups excluding tert-OH is 2. The van der Waals surface area contributed by atoms with Crippen molar-refractivity contribution in [2.45, 2.75) is 50.7 Å². The van der Waals surface area contributed by atoms with Crippen molar-refractivity contribution in [3.05, 3.63) is 0 Å². The Bertz CT molecular complexity index is 180. The van der Waals surface area contributed by atoms with Crippen LogP contribution in [0.4, 0.5) is 0 Å². The van der Waals surface area contributed by atoms with Gasteiger partial charge in [-0.15, -0.1) is 0 Å².